The van der Waals surface area contributed by atoms with Gasteiger partial charge in [-0.15, -0.1) is 0 Å². The summed E-state index contributed by atoms with van der Waals surface area (Å²) < 4.78 is 7.02. The Bertz CT molecular complexity index is 1370. The summed E-state index contributed by atoms with van der Waals surface area (Å²) in [7, 11) is 1.61. The van der Waals surface area contributed by atoms with Crippen molar-refractivity contribution < 1.29 is 14.5 Å². The van der Waals surface area contributed by atoms with E-state index in [1.807, 2.05) is 36.4 Å². The van der Waals surface area contributed by atoms with Crippen LogP contribution in [0.3, 0.4) is 0 Å². The summed E-state index contributed by atoms with van der Waals surface area (Å²) in [6.07, 6.45) is 1.95. The van der Waals surface area contributed by atoms with Crippen LogP contribution < -0.4 is 9.64 Å². The zero-order chi connectivity index (χ0) is 24.5. The molecule has 0 aliphatic carbocycles. The van der Waals surface area contributed by atoms with Crippen molar-refractivity contribution in [2.45, 2.75) is 18.5 Å². The molecule has 0 saturated carbocycles. The van der Waals surface area contributed by atoms with E-state index in [0.717, 1.165) is 16.9 Å². The highest BCUT2D eigenvalue weighted by Gasteiger charge is 2.39. The Hall–Kier alpha value is -4.24. The molecule has 1 aliphatic rings. The molecular formula is C25H20ClN5O4. The highest BCUT2D eigenvalue weighted by molar-refractivity contribution is 6.30. The lowest BCUT2D eigenvalue weighted by Gasteiger charge is -2.39. The average molecular weight is 490 g/mol. The predicted molar refractivity (Wildman–Crippen MR) is 130 cm³/mol. The molecule has 0 spiro atoms. The van der Waals surface area contributed by atoms with Crippen LogP contribution in [0.2, 0.25) is 5.02 Å². The number of ether oxygens (including phenoxy) is 1. The molecule has 1 aromatic heterocycles. The highest BCUT2D eigenvalue weighted by atomic mass is 35.5. The van der Waals surface area contributed by atoms with E-state index in [0.29, 0.717) is 23.0 Å². The molecule has 10 heteroatoms. The van der Waals surface area contributed by atoms with Crippen LogP contribution in [0, 0.1) is 10.1 Å². The lowest BCUT2D eigenvalue weighted by Crippen LogP contribution is -2.42. The van der Waals surface area contributed by atoms with Crippen molar-refractivity contribution >= 4 is 29.1 Å². The molecule has 176 valence electrons. The number of nitro groups is 1. The number of nitrogens with zero attached hydrogens (tertiary/aromatic N) is 5. The number of halogens is 1. The van der Waals surface area contributed by atoms with Gasteiger partial charge in [-0.25, -0.2) is 4.68 Å². The SMILES string of the molecule is COc1ccc([C@@H]2C[C@@H](c3ccc(Cl)cc3)N(C(=O)c3ccc([N+](=O)[O-])cc3)c3ncnn32)cc1. The van der Waals surface area contributed by atoms with Crippen LogP contribution >= 0.6 is 11.6 Å². The summed E-state index contributed by atoms with van der Waals surface area (Å²) >= 11 is 6.13. The molecule has 0 N–H and O–H groups in total. The first kappa shape index (κ1) is 22.5. The third-order valence-corrected chi connectivity index (χ3v) is 6.37. The number of aromatic nitrogens is 3. The number of carbonyl (C=O) groups excluding carboxylic acids is 1. The van der Waals surface area contributed by atoms with Crippen LogP contribution in [0.1, 0.15) is 40.0 Å². The number of benzene rings is 3. The average Bonchev–Trinajstić information content (AvgIpc) is 3.38. The van der Waals surface area contributed by atoms with Crippen LogP contribution in [0.4, 0.5) is 11.6 Å². The van der Waals surface area contributed by atoms with E-state index in [2.05, 4.69) is 10.1 Å². The van der Waals surface area contributed by atoms with Gasteiger partial charge in [0.05, 0.1) is 24.1 Å². The lowest BCUT2D eigenvalue weighted by atomic mass is 9.91. The molecule has 0 fully saturated rings. The quantitative estimate of drug-likeness (QED) is 0.281. The normalized spacial score (nSPS) is 17.0. The maximum absolute atomic E-state index is 13.8. The van der Waals surface area contributed by atoms with Gasteiger partial charge in [0.25, 0.3) is 11.6 Å². The first-order chi connectivity index (χ1) is 17.0. The summed E-state index contributed by atoms with van der Waals surface area (Å²) in [6, 6.07) is 20.1. The largest absolute Gasteiger partial charge is 0.497 e. The standard InChI is InChI=1S/C25H20ClN5O4/c1-35-21-12-6-17(7-13-21)23-14-22(16-2-8-19(26)9-3-16)29(25-27-15-28-30(23)25)24(32)18-4-10-20(11-5-18)31(33)34/h2-13,15,22-23H,14H2,1H3/t22-,23-/m0/s1. The van der Waals surface area contributed by atoms with E-state index in [1.54, 1.807) is 28.8 Å². The molecule has 1 amide bonds. The number of anilines is 1. The number of hydrogen-bond acceptors (Lipinski definition) is 6. The molecule has 35 heavy (non-hydrogen) atoms. The Kier molecular flexibility index (Phi) is 5.92. The van der Waals surface area contributed by atoms with Gasteiger partial charge < -0.3 is 4.74 Å². The minimum atomic E-state index is -0.498. The molecule has 0 bridgehead atoms. The zero-order valence-electron chi connectivity index (χ0n) is 18.6. The summed E-state index contributed by atoms with van der Waals surface area (Å²) in [5.41, 5.74) is 2.11. The Morgan fingerprint density at radius 3 is 2.26 bits per heavy atom. The van der Waals surface area contributed by atoms with Crippen molar-refractivity contribution in [3.8, 4) is 5.75 Å². The van der Waals surface area contributed by atoms with Crippen LogP contribution in [0.15, 0.2) is 79.1 Å². The van der Waals surface area contributed by atoms with E-state index in [9.17, 15) is 14.9 Å². The fraction of sp³-hybridized carbons (Fsp3) is 0.160. The Labute approximate surface area is 205 Å². The van der Waals surface area contributed by atoms with E-state index in [4.69, 9.17) is 16.3 Å². The molecule has 2 atom stereocenters. The molecule has 0 saturated heterocycles. The zero-order valence-corrected chi connectivity index (χ0v) is 19.4. The molecule has 3 aromatic carbocycles. The summed E-state index contributed by atoms with van der Waals surface area (Å²) in [4.78, 5) is 30.3. The van der Waals surface area contributed by atoms with Gasteiger partial charge in [0.15, 0.2) is 0 Å². The number of nitro benzene ring substituents is 1. The van der Waals surface area contributed by atoms with Crippen LogP contribution in [0.25, 0.3) is 0 Å². The van der Waals surface area contributed by atoms with Crippen molar-refractivity contribution in [1.29, 1.82) is 0 Å². The Balaban J connectivity index is 1.60. The maximum Gasteiger partial charge on any atom is 0.269 e. The van der Waals surface area contributed by atoms with Gasteiger partial charge in [-0.1, -0.05) is 35.9 Å². The minimum Gasteiger partial charge on any atom is -0.497 e. The minimum absolute atomic E-state index is 0.0859. The molecule has 4 aromatic rings. The van der Waals surface area contributed by atoms with Gasteiger partial charge >= 0.3 is 0 Å². The second-order valence-corrected chi connectivity index (χ2v) is 8.51. The van der Waals surface area contributed by atoms with Gasteiger partial charge in [-0.05, 0) is 53.9 Å². The first-order valence-electron chi connectivity index (χ1n) is 10.8. The van der Waals surface area contributed by atoms with Gasteiger partial charge in [-0.3, -0.25) is 19.8 Å². The second kappa shape index (κ2) is 9.19. The number of methoxy groups -OCH3 is 1. The third kappa shape index (κ3) is 4.22. The fourth-order valence-electron chi connectivity index (χ4n) is 4.36. The Morgan fingerprint density at radius 2 is 1.63 bits per heavy atom. The monoisotopic (exact) mass is 489 g/mol. The fourth-order valence-corrected chi connectivity index (χ4v) is 4.49. The lowest BCUT2D eigenvalue weighted by molar-refractivity contribution is -0.384. The smallest absolute Gasteiger partial charge is 0.269 e. The second-order valence-electron chi connectivity index (χ2n) is 8.08. The van der Waals surface area contributed by atoms with Crippen molar-refractivity contribution in [3.63, 3.8) is 0 Å². The maximum atomic E-state index is 13.8. The van der Waals surface area contributed by atoms with E-state index >= 15 is 0 Å². The van der Waals surface area contributed by atoms with Crippen LogP contribution in [0.5, 0.6) is 5.75 Å². The van der Waals surface area contributed by atoms with Crippen molar-refractivity contribution in [2.75, 3.05) is 12.0 Å². The van der Waals surface area contributed by atoms with E-state index < -0.39 is 4.92 Å². The number of non-ortho nitro benzene ring substituents is 1. The molecule has 2 heterocycles. The van der Waals surface area contributed by atoms with Crippen LogP contribution in [-0.2, 0) is 0 Å². The van der Waals surface area contributed by atoms with Crippen molar-refractivity contribution in [1.82, 2.24) is 14.8 Å². The highest BCUT2D eigenvalue weighted by Crippen LogP contribution is 2.43. The summed E-state index contributed by atoms with van der Waals surface area (Å²) in [6.45, 7) is 0. The van der Waals surface area contributed by atoms with Crippen molar-refractivity contribution in [3.05, 3.63) is 111 Å². The molecule has 5 rings (SSSR count). The molecule has 1 aliphatic heterocycles. The van der Waals surface area contributed by atoms with E-state index in [-0.39, 0.29) is 23.7 Å². The van der Waals surface area contributed by atoms with Crippen LogP contribution in [-0.4, -0.2) is 32.7 Å². The van der Waals surface area contributed by atoms with Crippen molar-refractivity contribution in [2.24, 2.45) is 0 Å². The molecular weight excluding hydrogens is 470 g/mol. The van der Waals surface area contributed by atoms with Gasteiger partial charge in [0.1, 0.15) is 12.1 Å². The summed E-state index contributed by atoms with van der Waals surface area (Å²) in [5, 5.41) is 16.1. The number of amides is 1. The predicted octanol–water partition coefficient (Wildman–Crippen LogP) is 5.23. The number of rotatable bonds is 5. The number of carbonyl (C=O) groups is 1. The molecule has 9 nitrogen and oxygen atoms in total. The first-order valence-corrected chi connectivity index (χ1v) is 11.2. The van der Waals surface area contributed by atoms with Gasteiger partial charge in [-0.2, -0.15) is 10.1 Å². The van der Waals surface area contributed by atoms with E-state index in [1.165, 1.54) is 30.6 Å². The van der Waals surface area contributed by atoms with Gasteiger partial charge in [0, 0.05) is 22.7 Å². The Morgan fingerprint density at radius 1 is 1.00 bits per heavy atom. The molecule has 0 radical (unpaired) electrons. The number of fused-ring (bicyclic) bond motifs is 1. The molecule has 0 unspecified atom stereocenters. The summed E-state index contributed by atoms with van der Waals surface area (Å²) in [5.74, 6) is 0.801. The van der Waals surface area contributed by atoms with Gasteiger partial charge in [0.2, 0.25) is 5.95 Å². The third-order valence-electron chi connectivity index (χ3n) is 6.12. The number of hydrogen-bond donors (Lipinski definition) is 0. The topological polar surface area (TPSA) is 103 Å².